The van der Waals surface area contributed by atoms with Crippen LogP contribution < -0.4 is 5.32 Å². The van der Waals surface area contributed by atoms with Crippen molar-refractivity contribution in [2.45, 2.75) is 25.9 Å². The predicted octanol–water partition coefficient (Wildman–Crippen LogP) is 3.35. The largest absolute Gasteiger partial charge is 0.347 e. The maximum atomic E-state index is 12.7. The fourth-order valence-corrected chi connectivity index (χ4v) is 3.04. The van der Waals surface area contributed by atoms with Crippen molar-refractivity contribution in [3.8, 4) is 11.5 Å². The number of nitrogens with zero attached hydrogens (tertiary/aromatic N) is 4. The molecule has 0 aliphatic rings. The third-order valence-electron chi connectivity index (χ3n) is 4.42. The number of carbonyl (C=O) groups excluding carboxylic acids is 1. The van der Waals surface area contributed by atoms with E-state index in [0.29, 0.717) is 18.1 Å². The summed E-state index contributed by atoms with van der Waals surface area (Å²) in [5.41, 5.74) is 2.65. The predicted molar refractivity (Wildman–Crippen MR) is 101 cm³/mol. The van der Waals surface area contributed by atoms with Crippen molar-refractivity contribution < 1.29 is 9.32 Å². The Hall–Kier alpha value is -3.48. The summed E-state index contributed by atoms with van der Waals surface area (Å²) in [5, 5.41) is 6.84. The molecule has 0 unspecified atom stereocenters. The fraction of sp³-hybridized carbons (Fsp3) is 0.200. The van der Waals surface area contributed by atoms with Crippen LogP contribution in [0, 0.1) is 0 Å². The molecule has 0 spiro atoms. The molecule has 1 atom stereocenters. The van der Waals surface area contributed by atoms with E-state index in [0.717, 1.165) is 16.6 Å². The van der Waals surface area contributed by atoms with Gasteiger partial charge in [-0.15, -0.1) is 0 Å². The minimum absolute atomic E-state index is 0.105. The zero-order valence-electron chi connectivity index (χ0n) is 14.9. The second-order valence-electron chi connectivity index (χ2n) is 6.16. The Labute approximate surface area is 156 Å². The summed E-state index contributed by atoms with van der Waals surface area (Å²) in [6, 6.07) is 16.9. The second kappa shape index (κ2) is 7.41. The lowest BCUT2D eigenvalue weighted by molar-refractivity contribution is -0.124. The van der Waals surface area contributed by atoms with Gasteiger partial charge in [0.2, 0.25) is 5.91 Å². The highest BCUT2D eigenvalue weighted by Crippen LogP contribution is 2.20. The number of para-hydroxylation sites is 2. The quantitative estimate of drug-likeness (QED) is 0.569. The zero-order valence-corrected chi connectivity index (χ0v) is 14.9. The Balaban J connectivity index is 1.46. The van der Waals surface area contributed by atoms with Crippen LogP contribution >= 0.6 is 0 Å². The van der Waals surface area contributed by atoms with Crippen molar-refractivity contribution in [3.05, 3.63) is 66.7 Å². The van der Waals surface area contributed by atoms with Gasteiger partial charge >= 0.3 is 0 Å². The van der Waals surface area contributed by atoms with Crippen LogP contribution in [0.3, 0.4) is 0 Å². The van der Waals surface area contributed by atoms with E-state index in [-0.39, 0.29) is 18.5 Å². The lowest BCUT2D eigenvalue weighted by Crippen LogP contribution is -2.32. The normalized spacial score (nSPS) is 12.2. The molecule has 1 amide bonds. The molecular weight excluding hydrogens is 342 g/mol. The highest BCUT2D eigenvalue weighted by atomic mass is 16.5. The Morgan fingerprint density at radius 2 is 1.93 bits per heavy atom. The first-order valence-corrected chi connectivity index (χ1v) is 8.83. The van der Waals surface area contributed by atoms with Gasteiger partial charge in [-0.05, 0) is 30.7 Å². The highest BCUT2D eigenvalue weighted by molar-refractivity contribution is 5.83. The molecule has 4 rings (SSSR count). The first-order chi connectivity index (χ1) is 13.3. The lowest BCUT2D eigenvalue weighted by atomic mass is 10.2. The molecule has 0 radical (unpaired) electrons. The lowest BCUT2D eigenvalue weighted by Gasteiger charge is -2.16. The summed E-state index contributed by atoms with van der Waals surface area (Å²) in [6.45, 7) is 2.18. The van der Waals surface area contributed by atoms with Crippen LogP contribution in [-0.4, -0.2) is 25.6 Å². The second-order valence-corrected chi connectivity index (χ2v) is 6.16. The number of nitrogens with one attached hydrogen (secondary N) is 1. The first-order valence-electron chi connectivity index (χ1n) is 8.83. The molecule has 2 aromatic carbocycles. The molecule has 2 aromatic heterocycles. The molecule has 1 N–H and O–H groups in total. The maximum absolute atomic E-state index is 12.7. The summed E-state index contributed by atoms with van der Waals surface area (Å²) in [6.07, 6.45) is 2.36. The molecule has 136 valence electrons. The number of aromatic nitrogens is 4. The Morgan fingerprint density at radius 1 is 1.15 bits per heavy atom. The van der Waals surface area contributed by atoms with Gasteiger partial charge < -0.3 is 14.4 Å². The molecule has 0 aliphatic carbocycles. The molecular formula is C20H19N5O2. The van der Waals surface area contributed by atoms with E-state index in [1.165, 1.54) is 0 Å². The first kappa shape index (κ1) is 17.0. The van der Waals surface area contributed by atoms with Gasteiger partial charge in [0, 0.05) is 5.56 Å². The number of fused-ring (bicyclic) bond motifs is 1. The molecule has 7 heteroatoms. The summed E-state index contributed by atoms with van der Waals surface area (Å²) >= 11 is 0. The van der Waals surface area contributed by atoms with Crippen molar-refractivity contribution in [2.75, 3.05) is 0 Å². The third-order valence-corrected chi connectivity index (χ3v) is 4.42. The average Bonchev–Trinajstić information content (AvgIpc) is 3.35. The van der Waals surface area contributed by atoms with Gasteiger partial charge in [-0.3, -0.25) is 4.79 Å². The summed E-state index contributed by atoms with van der Waals surface area (Å²) in [5.74, 6) is 0.770. The van der Waals surface area contributed by atoms with Crippen LogP contribution in [0.15, 0.2) is 65.4 Å². The van der Waals surface area contributed by atoms with Gasteiger partial charge in [-0.2, -0.15) is 4.98 Å². The van der Waals surface area contributed by atoms with Gasteiger partial charge in [0.25, 0.3) is 5.89 Å². The molecule has 7 nitrogen and oxygen atoms in total. The minimum Gasteiger partial charge on any atom is -0.347 e. The minimum atomic E-state index is -0.349. The van der Waals surface area contributed by atoms with Gasteiger partial charge in [-0.25, -0.2) is 4.98 Å². The summed E-state index contributed by atoms with van der Waals surface area (Å²) < 4.78 is 7.17. The van der Waals surface area contributed by atoms with Crippen LogP contribution in [0.4, 0.5) is 0 Å². The van der Waals surface area contributed by atoms with Crippen LogP contribution in [-0.2, 0) is 11.3 Å². The van der Waals surface area contributed by atoms with Gasteiger partial charge in [0.1, 0.15) is 6.04 Å². The number of hydrogen-bond acceptors (Lipinski definition) is 5. The molecule has 0 aliphatic heterocycles. The fourth-order valence-electron chi connectivity index (χ4n) is 3.04. The summed E-state index contributed by atoms with van der Waals surface area (Å²) in [7, 11) is 0. The number of rotatable bonds is 6. The van der Waals surface area contributed by atoms with Crippen molar-refractivity contribution in [1.29, 1.82) is 0 Å². The van der Waals surface area contributed by atoms with E-state index in [1.54, 1.807) is 6.33 Å². The SMILES string of the molecule is CC[C@H](C(=O)NCc1noc(-c2ccccc2)n1)n1cnc2ccccc21. The Bertz CT molecular complexity index is 1050. The topological polar surface area (TPSA) is 85.8 Å². The van der Waals surface area contributed by atoms with Crippen LogP contribution in [0.5, 0.6) is 0 Å². The smallest absolute Gasteiger partial charge is 0.257 e. The van der Waals surface area contributed by atoms with E-state index >= 15 is 0 Å². The number of amides is 1. The Kier molecular flexibility index (Phi) is 4.65. The zero-order chi connectivity index (χ0) is 18.6. The van der Waals surface area contributed by atoms with Crippen molar-refractivity contribution >= 4 is 16.9 Å². The van der Waals surface area contributed by atoms with E-state index in [2.05, 4.69) is 20.4 Å². The van der Waals surface area contributed by atoms with Gasteiger partial charge in [0.05, 0.1) is 23.9 Å². The van der Waals surface area contributed by atoms with Crippen LogP contribution in [0.25, 0.3) is 22.5 Å². The standard InChI is InChI=1S/C20H19N5O2/c1-2-16(25-13-22-15-10-6-7-11-17(15)25)19(26)21-12-18-23-20(27-24-18)14-8-4-3-5-9-14/h3-11,13,16H,2,12H2,1H3,(H,21,26)/t16-/m1/s1. The number of benzene rings is 2. The molecule has 4 aromatic rings. The average molecular weight is 361 g/mol. The molecule has 2 heterocycles. The summed E-state index contributed by atoms with van der Waals surface area (Å²) in [4.78, 5) is 21.4. The molecule has 27 heavy (non-hydrogen) atoms. The molecule has 0 bridgehead atoms. The van der Waals surface area contributed by atoms with Gasteiger partial charge in [-0.1, -0.05) is 42.4 Å². The van der Waals surface area contributed by atoms with E-state index in [1.807, 2.05) is 66.1 Å². The van der Waals surface area contributed by atoms with E-state index in [9.17, 15) is 4.79 Å². The van der Waals surface area contributed by atoms with Gasteiger partial charge in [0.15, 0.2) is 5.82 Å². The maximum Gasteiger partial charge on any atom is 0.257 e. The van der Waals surface area contributed by atoms with Crippen LogP contribution in [0.1, 0.15) is 25.2 Å². The third kappa shape index (κ3) is 3.44. The number of hydrogen-bond donors (Lipinski definition) is 1. The van der Waals surface area contributed by atoms with Crippen LogP contribution in [0.2, 0.25) is 0 Å². The highest BCUT2D eigenvalue weighted by Gasteiger charge is 2.20. The van der Waals surface area contributed by atoms with E-state index < -0.39 is 0 Å². The molecule has 0 saturated carbocycles. The number of carbonyl (C=O) groups is 1. The van der Waals surface area contributed by atoms with Crippen molar-refractivity contribution in [2.24, 2.45) is 0 Å². The van der Waals surface area contributed by atoms with Crippen molar-refractivity contribution in [1.82, 2.24) is 25.0 Å². The van der Waals surface area contributed by atoms with E-state index in [4.69, 9.17) is 4.52 Å². The van der Waals surface area contributed by atoms with Crippen molar-refractivity contribution in [3.63, 3.8) is 0 Å². The monoisotopic (exact) mass is 361 g/mol. The number of imidazole rings is 1. The molecule has 0 saturated heterocycles. The molecule has 0 fully saturated rings. The Morgan fingerprint density at radius 3 is 2.74 bits per heavy atom.